The highest BCUT2D eigenvalue weighted by molar-refractivity contribution is 9.10. The number of piperazine rings is 1. The average Bonchev–Trinajstić information content (AvgIpc) is 2.76. The molecule has 3 rings (SSSR count). The van der Waals surface area contributed by atoms with Gasteiger partial charge in [0.1, 0.15) is 21.8 Å². The summed E-state index contributed by atoms with van der Waals surface area (Å²) in [6, 6.07) is 10.6. The van der Waals surface area contributed by atoms with Crippen molar-refractivity contribution >= 4 is 27.9 Å². The molecule has 5 nitrogen and oxygen atoms in total. The molecular weight excluding hydrogens is 463 g/mol. The van der Waals surface area contributed by atoms with Gasteiger partial charge in [-0.1, -0.05) is 12.1 Å². The largest absolute Gasteiger partial charge is 0.495 e. The zero-order valence-electron chi connectivity index (χ0n) is 18.3. The molecule has 0 aliphatic carbocycles. The second-order valence-electron chi connectivity index (χ2n) is 7.82. The minimum atomic E-state index is -0.228. The fourth-order valence-electron chi connectivity index (χ4n) is 3.80. The molecule has 2 aromatic carbocycles. The average molecular weight is 491 g/mol. The number of carbonyl (C=O) groups excluding carboxylic acids is 1. The van der Waals surface area contributed by atoms with Crippen LogP contribution < -0.4 is 9.47 Å². The minimum absolute atomic E-state index is 0.0263. The van der Waals surface area contributed by atoms with Gasteiger partial charge in [-0.25, -0.2) is 4.39 Å². The Morgan fingerprint density at radius 2 is 1.71 bits per heavy atom. The Bertz CT molecular complexity index is 923. The molecule has 0 radical (unpaired) electrons. The lowest BCUT2D eigenvalue weighted by molar-refractivity contribution is -0.131. The summed E-state index contributed by atoms with van der Waals surface area (Å²) in [6.07, 6.45) is 3.38. The van der Waals surface area contributed by atoms with Crippen LogP contribution in [0, 0.1) is 5.82 Å². The SMILES string of the molecule is COc1cc(C=CC(=O)N2C[C@H](C)N(Cc3ccc(F)cc3)C[C@H]2C)cc(OC)c1Br. The minimum Gasteiger partial charge on any atom is -0.495 e. The van der Waals surface area contributed by atoms with E-state index < -0.39 is 0 Å². The predicted molar refractivity (Wildman–Crippen MR) is 124 cm³/mol. The Kier molecular flexibility index (Phi) is 7.73. The van der Waals surface area contributed by atoms with Crippen LogP contribution in [0.25, 0.3) is 6.08 Å². The number of rotatable bonds is 6. The van der Waals surface area contributed by atoms with Crippen LogP contribution in [0.3, 0.4) is 0 Å². The van der Waals surface area contributed by atoms with Crippen LogP contribution in [0.4, 0.5) is 4.39 Å². The fraction of sp³-hybridized carbons (Fsp3) is 0.375. The van der Waals surface area contributed by atoms with Gasteiger partial charge in [-0.15, -0.1) is 0 Å². The van der Waals surface area contributed by atoms with Crippen LogP contribution in [0.2, 0.25) is 0 Å². The van der Waals surface area contributed by atoms with Crippen LogP contribution in [0.5, 0.6) is 11.5 Å². The molecule has 1 saturated heterocycles. The van der Waals surface area contributed by atoms with Crippen molar-refractivity contribution in [3.05, 3.63) is 63.9 Å². The third-order valence-electron chi connectivity index (χ3n) is 5.58. The Labute approximate surface area is 191 Å². The van der Waals surface area contributed by atoms with Gasteiger partial charge in [-0.3, -0.25) is 9.69 Å². The molecule has 0 spiro atoms. The molecule has 2 aromatic rings. The number of amides is 1. The molecule has 7 heteroatoms. The fourth-order valence-corrected chi connectivity index (χ4v) is 4.35. The Hall–Kier alpha value is -2.38. The van der Waals surface area contributed by atoms with Gasteiger partial charge < -0.3 is 14.4 Å². The van der Waals surface area contributed by atoms with E-state index in [2.05, 4.69) is 34.7 Å². The molecule has 0 N–H and O–H groups in total. The molecule has 1 fully saturated rings. The van der Waals surface area contributed by atoms with Crippen molar-refractivity contribution in [3.8, 4) is 11.5 Å². The lowest BCUT2D eigenvalue weighted by Crippen LogP contribution is -2.57. The topological polar surface area (TPSA) is 42.0 Å². The van der Waals surface area contributed by atoms with Crippen LogP contribution in [-0.2, 0) is 11.3 Å². The molecule has 0 saturated carbocycles. The summed E-state index contributed by atoms with van der Waals surface area (Å²) < 4.78 is 24.6. The van der Waals surface area contributed by atoms with Crippen molar-refractivity contribution in [2.45, 2.75) is 32.5 Å². The maximum absolute atomic E-state index is 13.2. The predicted octanol–water partition coefficient (Wildman–Crippen LogP) is 4.74. The van der Waals surface area contributed by atoms with Crippen LogP contribution in [0.1, 0.15) is 25.0 Å². The van der Waals surface area contributed by atoms with Gasteiger partial charge in [0.05, 0.1) is 14.2 Å². The molecule has 0 bridgehead atoms. The van der Waals surface area contributed by atoms with Crippen molar-refractivity contribution in [1.82, 2.24) is 9.80 Å². The van der Waals surface area contributed by atoms with E-state index in [1.54, 1.807) is 26.4 Å². The number of hydrogen-bond donors (Lipinski definition) is 0. The van der Waals surface area contributed by atoms with Crippen LogP contribution in [0.15, 0.2) is 46.9 Å². The number of ether oxygens (including phenoxy) is 2. The van der Waals surface area contributed by atoms with Gasteiger partial charge in [-0.05, 0) is 71.2 Å². The first-order valence-corrected chi connectivity index (χ1v) is 11.0. The lowest BCUT2D eigenvalue weighted by Gasteiger charge is -2.44. The number of nitrogens with zero attached hydrogens (tertiary/aromatic N) is 2. The molecule has 1 aliphatic heterocycles. The maximum Gasteiger partial charge on any atom is 0.246 e. The summed E-state index contributed by atoms with van der Waals surface area (Å²) in [5.74, 6) is 1.03. The second kappa shape index (κ2) is 10.3. The quantitative estimate of drug-likeness (QED) is 0.548. The summed E-state index contributed by atoms with van der Waals surface area (Å²) in [4.78, 5) is 17.1. The number of benzene rings is 2. The van der Waals surface area contributed by atoms with Crippen molar-refractivity contribution in [2.24, 2.45) is 0 Å². The summed E-state index contributed by atoms with van der Waals surface area (Å²) in [5, 5.41) is 0. The summed E-state index contributed by atoms with van der Waals surface area (Å²) in [5.41, 5.74) is 1.89. The van der Waals surface area contributed by atoms with Crippen molar-refractivity contribution in [3.63, 3.8) is 0 Å². The van der Waals surface area contributed by atoms with E-state index in [1.807, 2.05) is 29.2 Å². The van der Waals surface area contributed by atoms with Gasteiger partial charge in [0, 0.05) is 37.8 Å². The van der Waals surface area contributed by atoms with Crippen LogP contribution >= 0.6 is 15.9 Å². The highest BCUT2D eigenvalue weighted by Gasteiger charge is 2.31. The first-order valence-electron chi connectivity index (χ1n) is 10.2. The molecule has 1 aliphatic rings. The van der Waals surface area contributed by atoms with E-state index in [4.69, 9.17) is 9.47 Å². The molecule has 166 valence electrons. The normalized spacial score (nSPS) is 19.6. The standard InChI is InChI=1S/C24H28BrFN2O3/c1-16-14-28(17(2)13-27(16)15-18-5-8-20(26)9-6-18)23(29)10-7-19-11-21(30-3)24(25)22(12-19)31-4/h5-12,16-17H,13-15H2,1-4H3/t16-,17+/m0/s1. The summed E-state index contributed by atoms with van der Waals surface area (Å²) in [6.45, 7) is 6.31. The lowest BCUT2D eigenvalue weighted by atomic mass is 10.1. The van der Waals surface area contributed by atoms with E-state index in [1.165, 1.54) is 12.1 Å². The van der Waals surface area contributed by atoms with Gasteiger partial charge in [0.25, 0.3) is 0 Å². The van der Waals surface area contributed by atoms with Crippen molar-refractivity contribution in [2.75, 3.05) is 27.3 Å². The van der Waals surface area contributed by atoms with E-state index >= 15 is 0 Å². The van der Waals surface area contributed by atoms with Gasteiger partial charge in [0.2, 0.25) is 5.91 Å². The Morgan fingerprint density at radius 1 is 1.10 bits per heavy atom. The third-order valence-corrected chi connectivity index (χ3v) is 6.37. The molecule has 0 unspecified atom stereocenters. The molecule has 1 amide bonds. The van der Waals surface area contributed by atoms with Gasteiger partial charge in [-0.2, -0.15) is 0 Å². The molecule has 31 heavy (non-hydrogen) atoms. The van der Waals surface area contributed by atoms with E-state index in [0.717, 1.165) is 28.7 Å². The highest BCUT2D eigenvalue weighted by Crippen LogP contribution is 2.36. The van der Waals surface area contributed by atoms with Crippen molar-refractivity contribution < 1.29 is 18.7 Å². The van der Waals surface area contributed by atoms with E-state index in [9.17, 15) is 9.18 Å². The van der Waals surface area contributed by atoms with Gasteiger partial charge >= 0.3 is 0 Å². The Balaban J connectivity index is 1.67. The van der Waals surface area contributed by atoms with Gasteiger partial charge in [0.15, 0.2) is 0 Å². The van der Waals surface area contributed by atoms with Crippen LogP contribution in [-0.4, -0.2) is 55.1 Å². The van der Waals surface area contributed by atoms with E-state index in [-0.39, 0.29) is 23.8 Å². The number of methoxy groups -OCH3 is 2. The maximum atomic E-state index is 13.2. The number of halogens is 2. The zero-order chi connectivity index (χ0) is 22.5. The first kappa shape index (κ1) is 23.3. The third kappa shape index (κ3) is 5.66. The monoisotopic (exact) mass is 490 g/mol. The second-order valence-corrected chi connectivity index (χ2v) is 8.61. The highest BCUT2D eigenvalue weighted by atomic mass is 79.9. The Morgan fingerprint density at radius 3 is 2.29 bits per heavy atom. The molecular formula is C24H28BrFN2O3. The molecule has 0 aromatic heterocycles. The molecule has 1 heterocycles. The first-order chi connectivity index (χ1) is 14.8. The van der Waals surface area contributed by atoms with E-state index in [0.29, 0.717) is 18.0 Å². The summed E-state index contributed by atoms with van der Waals surface area (Å²) >= 11 is 3.45. The summed E-state index contributed by atoms with van der Waals surface area (Å²) in [7, 11) is 3.18. The number of hydrogen-bond acceptors (Lipinski definition) is 4. The smallest absolute Gasteiger partial charge is 0.246 e. The zero-order valence-corrected chi connectivity index (χ0v) is 19.9. The molecule has 2 atom stereocenters. The van der Waals surface area contributed by atoms with Crippen molar-refractivity contribution in [1.29, 1.82) is 0 Å². The number of carbonyl (C=O) groups is 1.